The van der Waals surface area contributed by atoms with E-state index in [0.29, 0.717) is 6.54 Å². The third-order valence-electron chi connectivity index (χ3n) is 2.37. The van der Waals surface area contributed by atoms with Gasteiger partial charge < -0.3 is 21.1 Å². The smallest absolute Gasteiger partial charge is 0.358 e. The van der Waals surface area contributed by atoms with Gasteiger partial charge >= 0.3 is 12.0 Å². The van der Waals surface area contributed by atoms with Crippen LogP contribution in [0.5, 0.6) is 0 Å². The summed E-state index contributed by atoms with van der Waals surface area (Å²) in [5, 5.41) is 23.2. The number of hydrogen-bond acceptors (Lipinski definition) is 5. The molecule has 0 radical (unpaired) electrons. The summed E-state index contributed by atoms with van der Waals surface area (Å²) in [6.45, 7) is 2.90. The molecule has 0 bridgehead atoms. The number of nitrogens with one attached hydrogen (secondary N) is 3. The number of urea groups is 1. The molecule has 3 amide bonds. The van der Waals surface area contributed by atoms with E-state index in [1.807, 2.05) is 6.92 Å². The second-order valence-electron chi connectivity index (χ2n) is 4.13. The van der Waals surface area contributed by atoms with Crippen molar-refractivity contribution in [2.24, 2.45) is 0 Å². The standard InChI is InChI=1S/C11H18N6O4/c1-2-3-12-9(18)6-14-11(21)13-4-5-17-7-8(10(19)20)15-16-17/h7H,2-6H2,1H3,(H,12,18)(H,19,20)(H2,13,14,21). The lowest BCUT2D eigenvalue weighted by Gasteiger charge is -2.07. The monoisotopic (exact) mass is 298 g/mol. The molecule has 10 nitrogen and oxygen atoms in total. The van der Waals surface area contributed by atoms with Crippen LogP contribution < -0.4 is 16.0 Å². The van der Waals surface area contributed by atoms with Crippen molar-refractivity contribution in [3.8, 4) is 0 Å². The van der Waals surface area contributed by atoms with E-state index in [0.717, 1.165) is 6.42 Å². The van der Waals surface area contributed by atoms with Gasteiger partial charge in [0.05, 0.1) is 19.3 Å². The van der Waals surface area contributed by atoms with E-state index in [2.05, 4.69) is 26.3 Å². The fourth-order valence-corrected chi connectivity index (χ4v) is 1.34. The van der Waals surface area contributed by atoms with E-state index in [1.54, 1.807) is 0 Å². The number of rotatable bonds is 8. The summed E-state index contributed by atoms with van der Waals surface area (Å²) in [4.78, 5) is 33.2. The maximum atomic E-state index is 11.4. The van der Waals surface area contributed by atoms with Crippen molar-refractivity contribution in [3.63, 3.8) is 0 Å². The molecule has 1 aromatic rings. The van der Waals surface area contributed by atoms with E-state index in [-0.39, 0.29) is 31.2 Å². The molecule has 0 saturated carbocycles. The number of carbonyl (C=O) groups excluding carboxylic acids is 2. The van der Waals surface area contributed by atoms with Crippen LogP contribution in [0.2, 0.25) is 0 Å². The summed E-state index contributed by atoms with van der Waals surface area (Å²) >= 11 is 0. The first-order valence-electron chi connectivity index (χ1n) is 6.44. The van der Waals surface area contributed by atoms with Crippen LogP contribution in [0.15, 0.2) is 6.20 Å². The van der Waals surface area contributed by atoms with Gasteiger partial charge in [0.25, 0.3) is 0 Å². The van der Waals surface area contributed by atoms with Crippen molar-refractivity contribution in [2.45, 2.75) is 19.9 Å². The fraction of sp³-hybridized carbons (Fsp3) is 0.545. The van der Waals surface area contributed by atoms with Crippen LogP contribution in [0.1, 0.15) is 23.8 Å². The molecule has 116 valence electrons. The van der Waals surface area contributed by atoms with Gasteiger partial charge in [-0.15, -0.1) is 5.10 Å². The van der Waals surface area contributed by atoms with Crippen molar-refractivity contribution in [1.29, 1.82) is 0 Å². The molecule has 0 aliphatic carbocycles. The number of hydrogen-bond donors (Lipinski definition) is 4. The second-order valence-corrected chi connectivity index (χ2v) is 4.13. The Morgan fingerprint density at radius 2 is 2.00 bits per heavy atom. The molecule has 1 aromatic heterocycles. The Morgan fingerprint density at radius 3 is 2.62 bits per heavy atom. The highest BCUT2D eigenvalue weighted by Crippen LogP contribution is 1.91. The molecule has 0 aliphatic rings. The first-order valence-corrected chi connectivity index (χ1v) is 6.44. The zero-order valence-electron chi connectivity index (χ0n) is 11.6. The molecule has 0 saturated heterocycles. The molecule has 0 aliphatic heterocycles. The number of carbonyl (C=O) groups is 3. The van der Waals surface area contributed by atoms with Crippen LogP contribution in [-0.2, 0) is 11.3 Å². The molecule has 0 spiro atoms. The minimum absolute atomic E-state index is 0.0989. The molecular weight excluding hydrogens is 280 g/mol. The van der Waals surface area contributed by atoms with Crippen LogP contribution in [0.3, 0.4) is 0 Å². The summed E-state index contributed by atoms with van der Waals surface area (Å²) in [6, 6.07) is -0.486. The van der Waals surface area contributed by atoms with Gasteiger partial charge in [-0.2, -0.15) is 0 Å². The maximum absolute atomic E-state index is 11.4. The van der Waals surface area contributed by atoms with Crippen LogP contribution in [-0.4, -0.2) is 57.6 Å². The van der Waals surface area contributed by atoms with Crippen molar-refractivity contribution < 1.29 is 19.5 Å². The third-order valence-corrected chi connectivity index (χ3v) is 2.37. The summed E-state index contributed by atoms with van der Waals surface area (Å²) in [7, 11) is 0. The quantitative estimate of drug-likeness (QED) is 0.475. The lowest BCUT2D eigenvalue weighted by molar-refractivity contribution is -0.120. The topological polar surface area (TPSA) is 138 Å². The molecule has 21 heavy (non-hydrogen) atoms. The van der Waals surface area contributed by atoms with Gasteiger partial charge in [-0.05, 0) is 6.42 Å². The number of carboxylic acids is 1. The van der Waals surface area contributed by atoms with Crippen molar-refractivity contribution in [1.82, 2.24) is 30.9 Å². The van der Waals surface area contributed by atoms with E-state index in [4.69, 9.17) is 5.11 Å². The molecule has 10 heteroatoms. The van der Waals surface area contributed by atoms with Gasteiger partial charge in [0.1, 0.15) is 0 Å². The third kappa shape index (κ3) is 6.36. The molecule has 0 aromatic carbocycles. The highest BCUT2D eigenvalue weighted by atomic mass is 16.4. The molecular formula is C11H18N6O4. The van der Waals surface area contributed by atoms with E-state index >= 15 is 0 Å². The second kappa shape index (κ2) is 8.51. The predicted octanol–water partition coefficient (Wildman–Crippen LogP) is -1.20. The predicted molar refractivity (Wildman–Crippen MR) is 71.7 cm³/mol. The van der Waals surface area contributed by atoms with Crippen molar-refractivity contribution in [3.05, 3.63) is 11.9 Å². The highest BCUT2D eigenvalue weighted by molar-refractivity contribution is 5.84. The van der Waals surface area contributed by atoms with Crippen LogP contribution in [0.25, 0.3) is 0 Å². The average Bonchev–Trinajstić information content (AvgIpc) is 2.92. The van der Waals surface area contributed by atoms with Crippen molar-refractivity contribution in [2.75, 3.05) is 19.6 Å². The minimum Gasteiger partial charge on any atom is -0.476 e. The van der Waals surface area contributed by atoms with Gasteiger partial charge in [-0.1, -0.05) is 12.1 Å². The Labute approximate surface area is 120 Å². The Bertz CT molecular complexity index is 501. The maximum Gasteiger partial charge on any atom is 0.358 e. The van der Waals surface area contributed by atoms with E-state index in [9.17, 15) is 14.4 Å². The minimum atomic E-state index is -1.16. The lowest BCUT2D eigenvalue weighted by atomic mass is 10.4. The number of carboxylic acid groups (broad SMARTS) is 1. The first-order chi connectivity index (χ1) is 10.0. The van der Waals surface area contributed by atoms with Gasteiger partial charge in [-0.3, -0.25) is 4.79 Å². The Balaban J connectivity index is 2.18. The zero-order valence-corrected chi connectivity index (χ0v) is 11.6. The molecule has 0 fully saturated rings. The summed E-state index contributed by atoms with van der Waals surface area (Å²) in [5.74, 6) is -1.42. The van der Waals surface area contributed by atoms with E-state index in [1.165, 1.54) is 10.9 Å². The number of aromatic nitrogens is 3. The van der Waals surface area contributed by atoms with Gasteiger partial charge in [-0.25, -0.2) is 14.3 Å². The Hall–Kier alpha value is -2.65. The Morgan fingerprint density at radius 1 is 1.24 bits per heavy atom. The zero-order chi connectivity index (χ0) is 15.7. The summed E-state index contributed by atoms with van der Waals surface area (Å²) in [6.07, 6.45) is 2.09. The highest BCUT2D eigenvalue weighted by Gasteiger charge is 2.08. The summed E-state index contributed by atoms with van der Waals surface area (Å²) < 4.78 is 1.30. The lowest BCUT2D eigenvalue weighted by Crippen LogP contribution is -2.43. The number of nitrogens with zero attached hydrogens (tertiary/aromatic N) is 3. The molecule has 0 atom stereocenters. The first kappa shape index (κ1) is 16.4. The average molecular weight is 298 g/mol. The fourth-order valence-electron chi connectivity index (χ4n) is 1.34. The SMILES string of the molecule is CCCNC(=O)CNC(=O)NCCn1cc(C(=O)O)nn1. The molecule has 0 unspecified atom stereocenters. The number of amides is 3. The largest absolute Gasteiger partial charge is 0.476 e. The van der Waals surface area contributed by atoms with E-state index < -0.39 is 12.0 Å². The Kier molecular flexibility index (Phi) is 6.65. The van der Waals surface area contributed by atoms with Gasteiger partial charge in [0, 0.05) is 13.1 Å². The molecule has 4 N–H and O–H groups in total. The summed E-state index contributed by atoms with van der Waals surface area (Å²) in [5.41, 5.74) is -0.160. The van der Waals surface area contributed by atoms with Crippen LogP contribution in [0, 0.1) is 0 Å². The van der Waals surface area contributed by atoms with Gasteiger partial charge in [0.15, 0.2) is 5.69 Å². The van der Waals surface area contributed by atoms with Gasteiger partial charge in [0.2, 0.25) is 5.91 Å². The molecule has 1 heterocycles. The normalized spacial score (nSPS) is 9.95. The molecule has 1 rings (SSSR count). The van der Waals surface area contributed by atoms with Crippen molar-refractivity contribution >= 4 is 17.9 Å². The number of aromatic carboxylic acids is 1. The van der Waals surface area contributed by atoms with Crippen LogP contribution in [0.4, 0.5) is 4.79 Å². The van der Waals surface area contributed by atoms with Crippen LogP contribution >= 0.6 is 0 Å².